The quantitative estimate of drug-likeness (QED) is 0.835. The fraction of sp³-hybridized carbons (Fsp3) is 0.545. The third-order valence-electron chi connectivity index (χ3n) is 3.06. The molecule has 4 nitrogen and oxygen atoms in total. The van der Waals surface area contributed by atoms with Gasteiger partial charge < -0.3 is 11.1 Å². The highest BCUT2D eigenvalue weighted by molar-refractivity contribution is 7.16. The summed E-state index contributed by atoms with van der Waals surface area (Å²) < 4.78 is 0. The molecule has 3 N–H and O–H groups in total. The Hall–Kier alpha value is -1.07. The summed E-state index contributed by atoms with van der Waals surface area (Å²) >= 11 is 1.66. The monoisotopic (exact) mass is 239 g/mol. The van der Waals surface area contributed by atoms with E-state index in [4.69, 9.17) is 5.73 Å². The van der Waals surface area contributed by atoms with Gasteiger partial charge in [0, 0.05) is 25.0 Å². The van der Waals surface area contributed by atoms with Crippen molar-refractivity contribution in [2.45, 2.75) is 19.9 Å². The summed E-state index contributed by atoms with van der Waals surface area (Å²) in [6.07, 6.45) is 0.930. The van der Waals surface area contributed by atoms with Gasteiger partial charge in [0.15, 0.2) is 0 Å². The molecule has 1 aliphatic heterocycles. The number of nitrogens with zero attached hydrogens (tertiary/aromatic N) is 1. The second-order valence-corrected chi connectivity index (χ2v) is 5.05. The van der Waals surface area contributed by atoms with Gasteiger partial charge in [0.25, 0.3) is 5.91 Å². The van der Waals surface area contributed by atoms with E-state index in [1.54, 1.807) is 11.3 Å². The molecule has 1 aromatic heterocycles. The number of nitrogens with one attached hydrogen (secondary N) is 1. The van der Waals surface area contributed by atoms with Crippen molar-refractivity contribution in [1.29, 1.82) is 0 Å². The number of carbonyl (C=O) groups is 1. The maximum atomic E-state index is 11.4. The van der Waals surface area contributed by atoms with Crippen molar-refractivity contribution in [2.24, 2.45) is 5.73 Å². The summed E-state index contributed by atoms with van der Waals surface area (Å²) in [5.41, 5.74) is 7.31. The number of hydrogen-bond donors (Lipinski definition) is 2. The van der Waals surface area contributed by atoms with E-state index in [1.165, 1.54) is 4.88 Å². The number of rotatable bonds is 3. The lowest BCUT2D eigenvalue weighted by molar-refractivity contribution is 0.1000. The van der Waals surface area contributed by atoms with Crippen molar-refractivity contribution in [3.05, 3.63) is 16.0 Å². The van der Waals surface area contributed by atoms with Gasteiger partial charge in [0.1, 0.15) is 5.00 Å². The highest BCUT2D eigenvalue weighted by atomic mass is 32.1. The smallest absolute Gasteiger partial charge is 0.251 e. The van der Waals surface area contributed by atoms with Crippen molar-refractivity contribution in [2.75, 3.05) is 25.5 Å². The summed E-state index contributed by atoms with van der Waals surface area (Å²) in [7, 11) is 1.83. The number of amides is 1. The van der Waals surface area contributed by atoms with Gasteiger partial charge in [-0.05, 0) is 18.5 Å². The van der Waals surface area contributed by atoms with E-state index in [1.807, 2.05) is 7.05 Å². The molecule has 1 aliphatic rings. The molecule has 16 heavy (non-hydrogen) atoms. The van der Waals surface area contributed by atoms with E-state index in [0.29, 0.717) is 5.56 Å². The number of hydrogen-bond acceptors (Lipinski definition) is 4. The van der Waals surface area contributed by atoms with Gasteiger partial charge in [0.2, 0.25) is 0 Å². The predicted molar refractivity (Wildman–Crippen MR) is 67.0 cm³/mol. The number of thiophene rings is 1. The molecule has 1 amide bonds. The SMILES string of the molecule is CCN1CCc2c(sc(NC)c2C(N)=O)C1. The third-order valence-corrected chi connectivity index (χ3v) is 4.29. The highest BCUT2D eigenvalue weighted by Crippen LogP contribution is 2.36. The van der Waals surface area contributed by atoms with Gasteiger partial charge in [-0.15, -0.1) is 11.3 Å². The van der Waals surface area contributed by atoms with Crippen LogP contribution in [-0.2, 0) is 13.0 Å². The van der Waals surface area contributed by atoms with Crippen LogP contribution in [-0.4, -0.2) is 30.9 Å². The molecule has 0 saturated heterocycles. The number of primary amides is 1. The Labute approximate surface area is 99.4 Å². The fourth-order valence-electron chi connectivity index (χ4n) is 2.16. The van der Waals surface area contributed by atoms with Gasteiger partial charge in [-0.1, -0.05) is 6.92 Å². The molecule has 0 atom stereocenters. The summed E-state index contributed by atoms with van der Waals surface area (Å²) in [4.78, 5) is 15.1. The van der Waals surface area contributed by atoms with Crippen molar-refractivity contribution in [3.8, 4) is 0 Å². The summed E-state index contributed by atoms with van der Waals surface area (Å²) in [5.74, 6) is -0.313. The van der Waals surface area contributed by atoms with Gasteiger partial charge >= 0.3 is 0 Å². The number of fused-ring (bicyclic) bond motifs is 1. The number of anilines is 1. The molecule has 88 valence electrons. The van der Waals surface area contributed by atoms with Gasteiger partial charge in [-0.25, -0.2) is 0 Å². The maximum Gasteiger partial charge on any atom is 0.251 e. The zero-order chi connectivity index (χ0) is 11.7. The molecule has 0 aromatic carbocycles. The molecule has 0 unspecified atom stereocenters. The molecule has 0 bridgehead atoms. The third kappa shape index (κ3) is 1.81. The average molecular weight is 239 g/mol. The largest absolute Gasteiger partial charge is 0.379 e. The van der Waals surface area contributed by atoms with Crippen LogP contribution in [0.25, 0.3) is 0 Å². The summed E-state index contributed by atoms with van der Waals surface area (Å²) in [6, 6.07) is 0. The molecule has 0 aliphatic carbocycles. The van der Waals surface area contributed by atoms with Crippen molar-refractivity contribution >= 4 is 22.2 Å². The maximum absolute atomic E-state index is 11.4. The molecule has 2 heterocycles. The average Bonchev–Trinajstić information content (AvgIpc) is 2.65. The lowest BCUT2D eigenvalue weighted by Gasteiger charge is -2.25. The van der Waals surface area contributed by atoms with Crippen molar-refractivity contribution in [3.63, 3.8) is 0 Å². The Morgan fingerprint density at radius 1 is 1.62 bits per heavy atom. The molecule has 0 spiro atoms. The van der Waals surface area contributed by atoms with Crippen LogP contribution in [0, 0.1) is 0 Å². The molecule has 0 fully saturated rings. The van der Waals surface area contributed by atoms with Crippen LogP contribution in [0.4, 0.5) is 5.00 Å². The Kier molecular flexibility index (Phi) is 3.16. The van der Waals surface area contributed by atoms with Crippen LogP contribution in [0.5, 0.6) is 0 Å². The predicted octanol–water partition coefficient (Wildman–Crippen LogP) is 1.27. The second-order valence-electron chi connectivity index (χ2n) is 3.94. The Bertz CT molecular complexity index is 414. The Morgan fingerprint density at radius 2 is 2.38 bits per heavy atom. The first-order valence-corrected chi connectivity index (χ1v) is 6.33. The van der Waals surface area contributed by atoms with E-state index >= 15 is 0 Å². The molecule has 0 radical (unpaired) electrons. The standard InChI is InChI=1S/C11H17N3OS/c1-3-14-5-4-7-8(6-14)16-11(13-2)9(7)10(12)15/h13H,3-6H2,1-2H3,(H2,12,15). The molecule has 5 heteroatoms. The minimum Gasteiger partial charge on any atom is -0.379 e. The Balaban J connectivity index is 2.41. The molecular formula is C11H17N3OS. The zero-order valence-electron chi connectivity index (χ0n) is 9.67. The Morgan fingerprint density at radius 3 is 2.94 bits per heavy atom. The number of carbonyl (C=O) groups excluding carboxylic acids is 1. The minimum atomic E-state index is -0.313. The number of nitrogens with two attached hydrogens (primary N) is 1. The first-order chi connectivity index (χ1) is 7.67. The van der Waals surface area contributed by atoms with Crippen molar-refractivity contribution in [1.82, 2.24) is 4.90 Å². The first-order valence-electron chi connectivity index (χ1n) is 5.51. The first kappa shape index (κ1) is 11.4. The van der Waals surface area contributed by atoms with Crippen molar-refractivity contribution < 1.29 is 4.79 Å². The molecular weight excluding hydrogens is 222 g/mol. The van der Waals surface area contributed by atoms with Gasteiger partial charge in [-0.3, -0.25) is 9.69 Å². The van der Waals surface area contributed by atoms with E-state index in [2.05, 4.69) is 17.1 Å². The molecule has 0 saturated carbocycles. The number of likely N-dealkylation sites (N-methyl/N-ethyl adjacent to an activating group) is 1. The molecule has 1 aromatic rings. The normalized spacial score (nSPS) is 15.9. The zero-order valence-corrected chi connectivity index (χ0v) is 10.5. The minimum absolute atomic E-state index is 0.313. The van der Waals surface area contributed by atoms with Crippen LogP contribution in [0.15, 0.2) is 0 Å². The summed E-state index contributed by atoms with van der Waals surface area (Å²) in [5, 5.41) is 3.98. The lowest BCUT2D eigenvalue weighted by atomic mass is 10.0. The van der Waals surface area contributed by atoms with Crippen LogP contribution < -0.4 is 11.1 Å². The highest BCUT2D eigenvalue weighted by Gasteiger charge is 2.25. The van der Waals surface area contributed by atoms with Crippen LogP contribution in [0.1, 0.15) is 27.7 Å². The van der Waals surface area contributed by atoms with Gasteiger partial charge in [-0.2, -0.15) is 0 Å². The van der Waals surface area contributed by atoms with E-state index in [9.17, 15) is 4.79 Å². The fourth-order valence-corrected chi connectivity index (χ4v) is 3.41. The van der Waals surface area contributed by atoms with Gasteiger partial charge in [0.05, 0.1) is 5.56 Å². The van der Waals surface area contributed by atoms with Crippen LogP contribution in [0.3, 0.4) is 0 Å². The second kappa shape index (κ2) is 4.43. The van der Waals surface area contributed by atoms with E-state index in [0.717, 1.165) is 36.6 Å². The topological polar surface area (TPSA) is 58.4 Å². The van der Waals surface area contributed by atoms with Crippen LogP contribution in [0.2, 0.25) is 0 Å². The van der Waals surface area contributed by atoms with E-state index in [-0.39, 0.29) is 5.91 Å². The van der Waals surface area contributed by atoms with E-state index < -0.39 is 0 Å². The lowest BCUT2D eigenvalue weighted by Crippen LogP contribution is -2.30. The van der Waals surface area contributed by atoms with Crippen LogP contribution >= 0.6 is 11.3 Å². The summed E-state index contributed by atoms with van der Waals surface area (Å²) in [6.45, 7) is 5.17. The molecule has 2 rings (SSSR count).